The SMILES string of the molecule is NC(=NO)C1(C(=O)NCc2ccno2)CCC1. The number of aromatic nitrogens is 1. The van der Waals surface area contributed by atoms with E-state index < -0.39 is 5.41 Å². The Hall–Kier alpha value is -2.05. The molecule has 0 saturated heterocycles. The third kappa shape index (κ3) is 1.95. The van der Waals surface area contributed by atoms with Crippen LogP contribution < -0.4 is 11.1 Å². The number of hydrogen-bond acceptors (Lipinski definition) is 5. The van der Waals surface area contributed by atoms with Crippen molar-refractivity contribution in [3.05, 3.63) is 18.0 Å². The summed E-state index contributed by atoms with van der Waals surface area (Å²) < 4.78 is 4.86. The topological polar surface area (TPSA) is 114 Å². The van der Waals surface area contributed by atoms with Crippen LogP contribution in [0.1, 0.15) is 25.0 Å². The zero-order valence-corrected chi connectivity index (χ0v) is 9.22. The van der Waals surface area contributed by atoms with Gasteiger partial charge in [-0.05, 0) is 12.8 Å². The van der Waals surface area contributed by atoms with Crippen LogP contribution >= 0.6 is 0 Å². The lowest BCUT2D eigenvalue weighted by molar-refractivity contribution is -0.131. The van der Waals surface area contributed by atoms with Crippen LogP contribution in [-0.4, -0.2) is 22.1 Å². The average Bonchev–Trinajstić information content (AvgIpc) is 2.77. The minimum Gasteiger partial charge on any atom is -0.409 e. The standard InChI is InChI=1S/C10H14N4O3/c11-8(14-16)10(3-1-4-10)9(15)12-6-7-2-5-13-17-7/h2,5,16H,1,3-4,6H2,(H2,11,14)(H,12,15). The van der Waals surface area contributed by atoms with Gasteiger partial charge in [0.1, 0.15) is 5.41 Å². The number of nitrogens with zero attached hydrogens (tertiary/aromatic N) is 2. The number of carbonyl (C=O) groups excluding carboxylic acids is 1. The molecule has 4 N–H and O–H groups in total. The van der Waals surface area contributed by atoms with Gasteiger partial charge >= 0.3 is 0 Å². The fraction of sp³-hybridized carbons (Fsp3) is 0.500. The van der Waals surface area contributed by atoms with Crippen LogP contribution in [0.25, 0.3) is 0 Å². The quantitative estimate of drug-likeness (QED) is 0.300. The van der Waals surface area contributed by atoms with E-state index in [0.717, 1.165) is 6.42 Å². The fourth-order valence-corrected chi connectivity index (χ4v) is 1.90. The Balaban J connectivity index is 1.99. The van der Waals surface area contributed by atoms with Gasteiger partial charge in [-0.1, -0.05) is 16.7 Å². The van der Waals surface area contributed by atoms with Crippen LogP contribution in [0.3, 0.4) is 0 Å². The molecule has 0 spiro atoms. The van der Waals surface area contributed by atoms with E-state index >= 15 is 0 Å². The normalized spacial score (nSPS) is 18.5. The molecule has 0 unspecified atom stereocenters. The molecule has 0 aromatic carbocycles. The Morgan fingerprint density at radius 2 is 2.47 bits per heavy atom. The van der Waals surface area contributed by atoms with Crippen LogP contribution in [0.4, 0.5) is 0 Å². The molecule has 1 amide bonds. The molecular formula is C10H14N4O3. The second-order valence-corrected chi connectivity index (χ2v) is 4.08. The van der Waals surface area contributed by atoms with Gasteiger partial charge in [-0.2, -0.15) is 0 Å². The Morgan fingerprint density at radius 3 is 2.94 bits per heavy atom. The fourth-order valence-electron chi connectivity index (χ4n) is 1.90. The van der Waals surface area contributed by atoms with Crippen LogP contribution in [0.15, 0.2) is 21.9 Å². The maximum absolute atomic E-state index is 12.0. The molecule has 1 aliphatic carbocycles. The molecule has 0 bridgehead atoms. The number of carbonyl (C=O) groups is 1. The zero-order valence-electron chi connectivity index (χ0n) is 9.22. The number of hydrogen-bond donors (Lipinski definition) is 3. The van der Waals surface area contributed by atoms with Crippen molar-refractivity contribution < 1.29 is 14.5 Å². The summed E-state index contributed by atoms with van der Waals surface area (Å²) in [5.74, 6) is 0.293. The van der Waals surface area contributed by atoms with Crippen LogP contribution in [0.5, 0.6) is 0 Å². The van der Waals surface area contributed by atoms with Crippen molar-refractivity contribution in [3.8, 4) is 0 Å². The van der Waals surface area contributed by atoms with Gasteiger partial charge in [0.05, 0.1) is 12.7 Å². The maximum Gasteiger partial charge on any atom is 0.234 e. The van der Waals surface area contributed by atoms with Gasteiger partial charge in [-0.3, -0.25) is 4.79 Å². The molecule has 7 nitrogen and oxygen atoms in total. The molecule has 1 aromatic rings. The first kappa shape index (κ1) is 11.4. The Bertz CT molecular complexity index is 423. The highest BCUT2D eigenvalue weighted by molar-refractivity contribution is 6.07. The third-order valence-corrected chi connectivity index (χ3v) is 3.15. The minimum atomic E-state index is -0.852. The van der Waals surface area contributed by atoms with Gasteiger partial charge in [0.25, 0.3) is 0 Å². The van der Waals surface area contributed by atoms with Gasteiger partial charge in [0, 0.05) is 6.07 Å². The second-order valence-electron chi connectivity index (χ2n) is 4.08. The van der Waals surface area contributed by atoms with Crippen molar-refractivity contribution in [2.75, 3.05) is 0 Å². The van der Waals surface area contributed by atoms with Crippen molar-refractivity contribution >= 4 is 11.7 Å². The summed E-state index contributed by atoms with van der Waals surface area (Å²) in [4.78, 5) is 12.0. The largest absolute Gasteiger partial charge is 0.409 e. The van der Waals surface area contributed by atoms with Crippen LogP contribution in [-0.2, 0) is 11.3 Å². The van der Waals surface area contributed by atoms with Crippen molar-refractivity contribution in [2.24, 2.45) is 16.3 Å². The summed E-state index contributed by atoms with van der Waals surface area (Å²) in [5, 5.41) is 17.9. The number of amidine groups is 1. The summed E-state index contributed by atoms with van der Waals surface area (Å²) in [7, 11) is 0. The molecule has 92 valence electrons. The molecule has 1 fully saturated rings. The molecule has 2 rings (SSSR count). The predicted octanol–water partition coefficient (Wildman–Crippen LogP) is 0.208. The lowest BCUT2D eigenvalue weighted by Gasteiger charge is -2.38. The second kappa shape index (κ2) is 4.44. The molecule has 0 aliphatic heterocycles. The first-order valence-electron chi connectivity index (χ1n) is 5.35. The molecule has 0 radical (unpaired) electrons. The highest BCUT2D eigenvalue weighted by atomic mass is 16.5. The number of amides is 1. The average molecular weight is 238 g/mol. The van der Waals surface area contributed by atoms with Gasteiger partial charge in [-0.25, -0.2) is 0 Å². The Morgan fingerprint density at radius 1 is 1.71 bits per heavy atom. The van der Waals surface area contributed by atoms with Crippen LogP contribution in [0.2, 0.25) is 0 Å². The van der Waals surface area contributed by atoms with E-state index in [1.54, 1.807) is 6.07 Å². The highest BCUT2D eigenvalue weighted by Crippen LogP contribution is 2.41. The van der Waals surface area contributed by atoms with E-state index in [9.17, 15) is 4.79 Å². The summed E-state index contributed by atoms with van der Waals surface area (Å²) >= 11 is 0. The van der Waals surface area contributed by atoms with Crippen molar-refractivity contribution in [3.63, 3.8) is 0 Å². The molecule has 7 heteroatoms. The molecule has 1 aliphatic rings. The number of rotatable bonds is 4. The number of nitrogens with one attached hydrogen (secondary N) is 1. The minimum absolute atomic E-state index is 0.0289. The van der Waals surface area contributed by atoms with E-state index in [1.165, 1.54) is 6.20 Å². The molecule has 1 heterocycles. The first-order valence-corrected chi connectivity index (χ1v) is 5.35. The van der Waals surface area contributed by atoms with E-state index in [1.807, 2.05) is 0 Å². The molecule has 1 aromatic heterocycles. The van der Waals surface area contributed by atoms with E-state index in [2.05, 4.69) is 15.6 Å². The van der Waals surface area contributed by atoms with Crippen molar-refractivity contribution in [1.29, 1.82) is 0 Å². The summed E-state index contributed by atoms with van der Waals surface area (Å²) in [6, 6.07) is 1.66. The lowest BCUT2D eigenvalue weighted by Crippen LogP contribution is -2.53. The summed E-state index contributed by atoms with van der Waals surface area (Å²) in [6.07, 6.45) is 3.60. The van der Waals surface area contributed by atoms with Crippen molar-refractivity contribution in [1.82, 2.24) is 10.5 Å². The van der Waals surface area contributed by atoms with E-state index in [-0.39, 0.29) is 18.3 Å². The monoisotopic (exact) mass is 238 g/mol. The first-order chi connectivity index (χ1) is 8.19. The van der Waals surface area contributed by atoms with E-state index in [4.69, 9.17) is 15.5 Å². The molecule has 1 saturated carbocycles. The van der Waals surface area contributed by atoms with E-state index in [0.29, 0.717) is 18.6 Å². The maximum atomic E-state index is 12.0. The Labute approximate surface area is 97.6 Å². The summed E-state index contributed by atoms with van der Waals surface area (Å²) in [5.41, 5.74) is 4.71. The predicted molar refractivity (Wildman–Crippen MR) is 58.0 cm³/mol. The molecular weight excluding hydrogens is 224 g/mol. The number of oxime groups is 1. The number of nitrogens with two attached hydrogens (primary N) is 1. The zero-order chi connectivity index (χ0) is 12.3. The molecule has 17 heavy (non-hydrogen) atoms. The van der Waals surface area contributed by atoms with Gasteiger partial charge in [-0.15, -0.1) is 0 Å². The van der Waals surface area contributed by atoms with Gasteiger partial charge in [0.2, 0.25) is 5.91 Å². The third-order valence-electron chi connectivity index (χ3n) is 3.15. The van der Waals surface area contributed by atoms with Crippen LogP contribution in [0, 0.1) is 5.41 Å². The smallest absolute Gasteiger partial charge is 0.234 e. The van der Waals surface area contributed by atoms with Gasteiger partial charge in [0.15, 0.2) is 11.6 Å². The molecule has 0 atom stereocenters. The highest BCUT2D eigenvalue weighted by Gasteiger charge is 2.48. The Kier molecular flexibility index (Phi) is 2.99. The lowest BCUT2D eigenvalue weighted by atomic mass is 9.67. The van der Waals surface area contributed by atoms with Gasteiger partial charge < -0.3 is 20.8 Å². The van der Waals surface area contributed by atoms with Crippen molar-refractivity contribution in [2.45, 2.75) is 25.8 Å². The summed E-state index contributed by atoms with van der Waals surface area (Å²) in [6.45, 7) is 0.249.